The van der Waals surface area contributed by atoms with Crippen LogP contribution in [0.5, 0.6) is 0 Å². The molecule has 0 aromatic heterocycles. The number of aryl methyl sites for hydroxylation is 1. The van der Waals surface area contributed by atoms with Crippen LogP contribution in [0.15, 0.2) is 53.5 Å². The van der Waals surface area contributed by atoms with Crippen molar-refractivity contribution in [3.05, 3.63) is 59.7 Å². The van der Waals surface area contributed by atoms with Crippen molar-refractivity contribution >= 4 is 45.6 Å². The fourth-order valence-corrected chi connectivity index (χ4v) is 4.32. The van der Waals surface area contributed by atoms with Crippen molar-refractivity contribution in [1.29, 1.82) is 0 Å². The maximum Gasteiger partial charge on any atom is 0.175 e. The summed E-state index contributed by atoms with van der Waals surface area (Å²) in [6, 6.07) is 16.8. The second-order valence-electron chi connectivity index (χ2n) is 6.29. The van der Waals surface area contributed by atoms with Crippen LogP contribution in [0, 0.1) is 6.92 Å². The van der Waals surface area contributed by atoms with Gasteiger partial charge in [0.2, 0.25) is 0 Å². The van der Waals surface area contributed by atoms with Crippen LogP contribution in [0.2, 0.25) is 0 Å². The number of amidine groups is 1. The summed E-state index contributed by atoms with van der Waals surface area (Å²) in [4.78, 5) is 7.22. The third-order valence-corrected chi connectivity index (χ3v) is 5.57. The van der Waals surface area contributed by atoms with Crippen LogP contribution in [-0.2, 0) is 0 Å². The normalized spacial score (nSPS) is 18.7. The molecule has 0 amide bonds. The first-order valence-electron chi connectivity index (χ1n) is 8.37. The van der Waals surface area contributed by atoms with Gasteiger partial charge in [-0.25, -0.2) is 0 Å². The first-order chi connectivity index (χ1) is 12.2. The van der Waals surface area contributed by atoms with Crippen LogP contribution in [-0.4, -0.2) is 34.0 Å². The predicted molar refractivity (Wildman–Crippen MR) is 112 cm³/mol. The van der Waals surface area contributed by atoms with Crippen LogP contribution < -0.4 is 10.6 Å². The number of rotatable bonds is 3. The predicted octanol–water partition coefficient (Wildman–Crippen LogP) is 4.26. The van der Waals surface area contributed by atoms with E-state index in [0.717, 1.165) is 30.2 Å². The zero-order valence-electron chi connectivity index (χ0n) is 14.0. The highest BCUT2D eigenvalue weighted by Crippen LogP contribution is 2.33. The molecule has 1 saturated heterocycles. The summed E-state index contributed by atoms with van der Waals surface area (Å²) in [5.74, 6) is 1.16. The number of thioether (sulfide) groups is 1. The van der Waals surface area contributed by atoms with Crippen LogP contribution in [0.25, 0.3) is 0 Å². The van der Waals surface area contributed by atoms with Gasteiger partial charge >= 0.3 is 0 Å². The molecule has 1 unspecified atom stereocenters. The van der Waals surface area contributed by atoms with E-state index >= 15 is 0 Å². The molecule has 2 aliphatic rings. The van der Waals surface area contributed by atoms with Crippen LogP contribution in [0.3, 0.4) is 0 Å². The minimum Gasteiger partial charge on any atom is -0.348 e. The Morgan fingerprint density at radius 3 is 2.76 bits per heavy atom. The molecule has 0 radical (unpaired) electrons. The summed E-state index contributed by atoms with van der Waals surface area (Å²) in [5.41, 5.74) is 4.43. The highest BCUT2D eigenvalue weighted by Gasteiger charge is 2.30. The van der Waals surface area contributed by atoms with Crippen LogP contribution in [0.4, 0.5) is 11.4 Å². The molecule has 25 heavy (non-hydrogen) atoms. The Morgan fingerprint density at radius 2 is 1.96 bits per heavy atom. The van der Waals surface area contributed by atoms with E-state index in [1.807, 2.05) is 30.0 Å². The molecule has 2 heterocycles. The van der Waals surface area contributed by atoms with Gasteiger partial charge in [0.25, 0.3) is 0 Å². The molecule has 4 rings (SSSR count). The van der Waals surface area contributed by atoms with E-state index in [9.17, 15) is 0 Å². The molecule has 1 atom stereocenters. The highest BCUT2D eigenvalue weighted by molar-refractivity contribution is 8.14. The summed E-state index contributed by atoms with van der Waals surface area (Å²) in [5, 5.41) is 8.28. The number of hydrogen-bond donors (Lipinski definition) is 2. The van der Waals surface area contributed by atoms with Gasteiger partial charge < -0.3 is 15.5 Å². The number of aliphatic imine (C=N–C) groups is 1. The van der Waals surface area contributed by atoms with Gasteiger partial charge in [0.1, 0.15) is 0 Å². The average Bonchev–Trinajstić information content (AvgIpc) is 3.19. The zero-order valence-corrected chi connectivity index (χ0v) is 15.7. The SMILES string of the molecule is Cc1ccc(NC(=S)Nc2cccc(C3CN4CCSC4=N3)c2)cc1. The minimum atomic E-state index is 0.225. The number of hydrogen-bond acceptors (Lipinski definition) is 4. The second-order valence-corrected chi connectivity index (χ2v) is 7.76. The summed E-state index contributed by atoms with van der Waals surface area (Å²) in [6.07, 6.45) is 0. The topological polar surface area (TPSA) is 39.7 Å². The number of nitrogens with one attached hydrogen (secondary N) is 2. The molecule has 2 N–H and O–H groups in total. The van der Waals surface area contributed by atoms with Crippen molar-refractivity contribution < 1.29 is 0 Å². The van der Waals surface area contributed by atoms with E-state index in [-0.39, 0.29) is 6.04 Å². The zero-order chi connectivity index (χ0) is 17.2. The number of nitrogens with zero attached hydrogens (tertiary/aromatic N) is 2. The number of thiocarbonyl (C=S) groups is 1. The quantitative estimate of drug-likeness (QED) is 0.792. The van der Waals surface area contributed by atoms with Crippen molar-refractivity contribution in [3.8, 4) is 0 Å². The van der Waals surface area contributed by atoms with Gasteiger partial charge in [-0.15, -0.1) is 0 Å². The minimum absolute atomic E-state index is 0.225. The van der Waals surface area contributed by atoms with E-state index in [4.69, 9.17) is 17.2 Å². The lowest BCUT2D eigenvalue weighted by atomic mass is 10.1. The molecule has 2 aliphatic heterocycles. The second kappa shape index (κ2) is 7.06. The summed E-state index contributed by atoms with van der Waals surface area (Å²) in [6.45, 7) is 4.17. The third-order valence-electron chi connectivity index (χ3n) is 4.36. The van der Waals surface area contributed by atoms with Gasteiger partial charge in [0.05, 0.1) is 6.04 Å². The Labute approximate surface area is 157 Å². The van der Waals surface area contributed by atoms with Crippen molar-refractivity contribution in [2.24, 2.45) is 4.99 Å². The fraction of sp³-hybridized carbons (Fsp3) is 0.263. The molecule has 0 aliphatic carbocycles. The Hall–Kier alpha value is -2.05. The first kappa shape index (κ1) is 16.4. The maximum absolute atomic E-state index is 5.43. The smallest absolute Gasteiger partial charge is 0.175 e. The summed E-state index contributed by atoms with van der Waals surface area (Å²) in [7, 11) is 0. The van der Waals surface area contributed by atoms with E-state index in [1.54, 1.807) is 0 Å². The van der Waals surface area contributed by atoms with Gasteiger partial charge in [-0.05, 0) is 49.0 Å². The fourth-order valence-electron chi connectivity index (χ4n) is 3.04. The lowest BCUT2D eigenvalue weighted by Gasteiger charge is -2.15. The van der Waals surface area contributed by atoms with Crippen LogP contribution >= 0.6 is 24.0 Å². The van der Waals surface area contributed by atoms with Crippen LogP contribution in [0.1, 0.15) is 17.2 Å². The average molecular weight is 369 g/mol. The standard InChI is InChI=1S/C19H20N4S2/c1-13-5-7-15(8-6-13)20-18(24)21-16-4-2-3-14(11-16)17-12-23-9-10-25-19(23)22-17/h2-8,11,17H,9-10,12H2,1H3,(H2,20,21,24). The maximum atomic E-state index is 5.43. The molecule has 1 fully saturated rings. The molecule has 4 nitrogen and oxygen atoms in total. The molecular formula is C19H20N4S2. The number of anilines is 2. The van der Waals surface area contributed by atoms with Gasteiger partial charge in [-0.2, -0.15) is 0 Å². The van der Waals surface area contributed by atoms with E-state index in [2.05, 4.69) is 52.8 Å². The number of fused-ring (bicyclic) bond motifs is 1. The molecule has 0 saturated carbocycles. The molecule has 6 heteroatoms. The van der Waals surface area contributed by atoms with Gasteiger partial charge in [0, 0.05) is 30.2 Å². The Kier molecular flexibility index (Phi) is 4.63. The van der Waals surface area contributed by atoms with Crippen molar-refractivity contribution in [2.75, 3.05) is 29.5 Å². The Morgan fingerprint density at radius 1 is 1.16 bits per heavy atom. The third kappa shape index (κ3) is 3.80. The molecule has 128 valence electrons. The monoisotopic (exact) mass is 368 g/mol. The molecule has 0 bridgehead atoms. The van der Waals surface area contributed by atoms with Gasteiger partial charge in [0.15, 0.2) is 10.3 Å². The molecule has 2 aromatic rings. The number of benzene rings is 2. The van der Waals surface area contributed by atoms with Gasteiger partial charge in [-0.3, -0.25) is 4.99 Å². The van der Waals surface area contributed by atoms with E-state index in [0.29, 0.717) is 5.11 Å². The first-order valence-corrected chi connectivity index (χ1v) is 9.77. The summed E-state index contributed by atoms with van der Waals surface area (Å²) < 4.78 is 0. The lowest BCUT2D eigenvalue weighted by molar-refractivity contribution is 0.464. The van der Waals surface area contributed by atoms with Crippen molar-refractivity contribution in [1.82, 2.24) is 4.90 Å². The van der Waals surface area contributed by atoms with E-state index in [1.165, 1.54) is 16.3 Å². The highest BCUT2D eigenvalue weighted by atomic mass is 32.2. The summed E-state index contributed by atoms with van der Waals surface area (Å²) >= 11 is 7.29. The van der Waals surface area contributed by atoms with E-state index < -0.39 is 0 Å². The molecule has 2 aromatic carbocycles. The van der Waals surface area contributed by atoms with Crippen molar-refractivity contribution in [3.63, 3.8) is 0 Å². The Balaban J connectivity index is 1.42. The Bertz CT molecular complexity index is 816. The van der Waals surface area contributed by atoms with Gasteiger partial charge in [-0.1, -0.05) is 41.6 Å². The van der Waals surface area contributed by atoms with Crippen molar-refractivity contribution in [2.45, 2.75) is 13.0 Å². The largest absolute Gasteiger partial charge is 0.348 e. The molecule has 0 spiro atoms. The molecular weight excluding hydrogens is 348 g/mol. The lowest BCUT2D eigenvalue weighted by Crippen LogP contribution is -2.22.